The van der Waals surface area contributed by atoms with Crippen molar-refractivity contribution >= 4 is 5.91 Å². The molecule has 8 nitrogen and oxygen atoms in total. The maximum Gasteiger partial charge on any atom is 0.273 e. The number of hydrogen-bond donors (Lipinski definition) is 2. The van der Waals surface area contributed by atoms with Gasteiger partial charge in [-0.15, -0.1) is 0 Å². The number of phenols is 1. The Morgan fingerprint density at radius 3 is 2.73 bits per heavy atom. The van der Waals surface area contributed by atoms with Crippen LogP contribution >= 0.6 is 0 Å². The molecule has 1 aliphatic rings. The average Bonchev–Trinajstić information content (AvgIpc) is 3.42. The number of H-pyrrole nitrogens is 1. The highest BCUT2D eigenvalue weighted by molar-refractivity contribution is 6.00. The van der Waals surface area contributed by atoms with Crippen LogP contribution in [0, 0.1) is 13.8 Å². The van der Waals surface area contributed by atoms with Crippen LogP contribution in [-0.2, 0) is 6.54 Å². The Kier molecular flexibility index (Phi) is 6.40. The summed E-state index contributed by atoms with van der Waals surface area (Å²) >= 11 is 0. The number of nitrogens with zero attached hydrogens (tertiary/aromatic N) is 3. The molecule has 8 heteroatoms. The van der Waals surface area contributed by atoms with Crippen LogP contribution in [0.4, 0.5) is 0 Å². The minimum atomic E-state index is -0.487. The van der Waals surface area contributed by atoms with Crippen molar-refractivity contribution in [3.63, 3.8) is 0 Å². The molecule has 1 amide bonds. The fourth-order valence-electron chi connectivity index (χ4n) is 4.96. The smallest absolute Gasteiger partial charge is 0.273 e. The Bertz CT molecular complexity index is 1460. The van der Waals surface area contributed by atoms with Crippen molar-refractivity contribution in [1.29, 1.82) is 0 Å². The first-order valence-electron chi connectivity index (χ1n) is 11.9. The molecule has 1 atom stereocenters. The van der Waals surface area contributed by atoms with E-state index in [2.05, 4.69) is 21.8 Å². The zero-order valence-corrected chi connectivity index (χ0v) is 21.0. The van der Waals surface area contributed by atoms with E-state index < -0.39 is 6.04 Å². The molecule has 0 radical (unpaired) electrons. The summed E-state index contributed by atoms with van der Waals surface area (Å²) in [4.78, 5) is 19.7. The number of ether oxygens (including phenoxy) is 2. The van der Waals surface area contributed by atoms with Crippen LogP contribution in [0.1, 0.15) is 44.3 Å². The minimum Gasteiger partial charge on any atom is -0.507 e. The lowest BCUT2D eigenvalue weighted by Gasteiger charge is -2.27. The second-order valence-corrected chi connectivity index (χ2v) is 9.04. The van der Waals surface area contributed by atoms with Crippen LogP contribution in [0.2, 0.25) is 0 Å². The fraction of sp³-hybridized carbons (Fsp3) is 0.207. The molecule has 5 rings (SSSR count). The molecule has 0 fully saturated rings. The second kappa shape index (κ2) is 9.81. The van der Waals surface area contributed by atoms with Gasteiger partial charge in [-0.25, -0.2) is 0 Å². The first kappa shape index (κ1) is 24.1. The molecule has 0 saturated heterocycles. The van der Waals surface area contributed by atoms with Crippen LogP contribution < -0.4 is 9.47 Å². The predicted molar refractivity (Wildman–Crippen MR) is 140 cm³/mol. The number of aromatic amines is 1. The minimum absolute atomic E-state index is 0.120. The molecule has 0 aliphatic carbocycles. The molecule has 2 aromatic heterocycles. The molecule has 2 N–H and O–H groups in total. The summed E-state index contributed by atoms with van der Waals surface area (Å²) in [5.41, 5.74) is 5.78. The number of aromatic hydroxyl groups is 1. The van der Waals surface area contributed by atoms with E-state index in [1.54, 1.807) is 36.5 Å². The second-order valence-electron chi connectivity index (χ2n) is 9.04. The van der Waals surface area contributed by atoms with Gasteiger partial charge in [0, 0.05) is 30.1 Å². The van der Waals surface area contributed by atoms with Gasteiger partial charge in [-0.1, -0.05) is 30.9 Å². The molecule has 1 aliphatic heterocycles. The molecule has 2 aromatic carbocycles. The number of fused-ring (bicyclic) bond motifs is 1. The predicted octanol–water partition coefficient (Wildman–Crippen LogP) is 5.11. The number of aromatic nitrogens is 3. The average molecular weight is 497 g/mol. The molecular weight excluding hydrogens is 468 g/mol. The summed E-state index contributed by atoms with van der Waals surface area (Å²) < 4.78 is 11.4. The highest BCUT2D eigenvalue weighted by atomic mass is 16.5. The van der Waals surface area contributed by atoms with E-state index >= 15 is 0 Å². The van der Waals surface area contributed by atoms with Crippen molar-refractivity contribution in [3.05, 3.63) is 101 Å². The monoisotopic (exact) mass is 496 g/mol. The third kappa shape index (κ3) is 4.31. The van der Waals surface area contributed by atoms with Crippen LogP contribution in [-0.4, -0.2) is 44.8 Å². The number of methoxy groups -OCH3 is 1. The first-order valence-corrected chi connectivity index (χ1v) is 11.9. The van der Waals surface area contributed by atoms with Gasteiger partial charge in [0.25, 0.3) is 5.91 Å². The SMILES string of the molecule is C=CCOc1ccc(C2c3c(-c4c(C)cc(C)cc4O)n[nH]c3C(=O)N2Cc2cccnc2)cc1OC. The summed E-state index contributed by atoms with van der Waals surface area (Å²) in [6, 6.07) is 12.6. The Hall–Kier alpha value is -4.59. The Balaban J connectivity index is 1.68. The molecule has 0 spiro atoms. The van der Waals surface area contributed by atoms with Gasteiger partial charge in [0.05, 0.1) is 13.2 Å². The summed E-state index contributed by atoms with van der Waals surface area (Å²) in [6.45, 7) is 8.24. The molecule has 37 heavy (non-hydrogen) atoms. The number of rotatable bonds is 8. The third-order valence-electron chi connectivity index (χ3n) is 6.50. The summed E-state index contributed by atoms with van der Waals surface area (Å²) in [5.74, 6) is 1.06. The van der Waals surface area contributed by atoms with Crippen molar-refractivity contribution in [2.75, 3.05) is 13.7 Å². The van der Waals surface area contributed by atoms with E-state index in [4.69, 9.17) is 9.47 Å². The molecule has 1 unspecified atom stereocenters. The van der Waals surface area contributed by atoms with Crippen molar-refractivity contribution in [1.82, 2.24) is 20.1 Å². The summed E-state index contributed by atoms with van der Waals surface area (Å²) in [7, 11) is 1.58. The quantitative estimate of drug-likeness (QED) is 0.329. The van der Waals surface area contributed by atoms with Gasteiger partial charge in [0.15, 0.2) is 11.5 Å². The van der Waals surface area contributed by atoms with E-state index in [9.17, 15) is 9.90 Å². The topological polar surface area (TPSA) is 101 Å². The zero-order chi connectivity index (χ0) is 26.1. The number of phenolic OH excluding ortho intramolecular Hbond substituents is 1. The molecular formula is C29H28N4O4. The van der Waals surface area contributed by atoms with E-state index in [0.717, 1.165) is 22.3 Å². The zero-order valence-electron chi connectivity index (χ0n) is 21.0. The number of pyridine rings is 1. The molecule has 0 bridgehead atoms. The van der Waals surface area contributed by atoms with E-state index in [0.29, 0.717) is 47.2 Å². The number of nitrogens with one attached hydrogen (secondary N) is 1. The Morgan fingerprint density at radius 1 is 1.19 bits per heavy atom. The summed E-state index contributed by atoms with van der Waals surface area (Å²) in [6.07, 6.45) is 5.12. The van der Waals surface area contributed by atoms with Crippen LogP contribution in [0.3, 0.4) is 0 Å². The van der Waals surface area contributed by atoms with Gasteiger partial charge in [-0.05, 0) is 60.4 Å². The Morgan fingerprint density at radius 2 is 2.03 bits per heavy atom. The fourth-order valence-corrected chi connectivity index (χ4v) is 4.96. The highest BCUT2D eigenvalue weighted by Gasteiger charge is 2.43. The van der Waals surface area contributed by atoms with Crippen molar-refractivity contribution in [2.24, 2.45) is 0 Å². The highest BCUT2D eigenvalue weighted by Crippen LogP contribution is 2.47. The van der Waals surface area contributed by atoms with Gasteiger partial charge < -0.3 is 19.5 Å². The molecule has 188 valence electrons. The number of benzene rings is 2. The number of carbonyl (C=O) groups excluding carboxylic acids is 1. The summed E-state index contributed by atoms with van der Waals surface area (Å²) in [5, 5.41) is 18.4. The molecule has 4 aromatic rings. The largest absolute Gasteiger partial charge is 0.507 e. The first-order chi connectivity index (χ1) is 17.9. The van der Waals surface area contributed by atoms with Crippen molar-refractivity contribution in [2.45, 2.75) is 26.4 Å². The third-order valence-corrected chi connectivity index (χ3v) is 6.50. The van der Waals surface area contributed by atoms with Gasteiger partial charge in [0.2, 0.25) is 0 Å². The Labute approximate surface area is 215 Å². The van der Waals surface area contributed by atoms with E-state index in [1.165, 1.54) is 0 Å². The van der Waals surface area contributed by atoms with Crippen molar-refractivity contribution < 1.29 is 19.4 Å². The normalized spacial score (nSPS) is 14.5. The van der Waals surface area contributed by atoms with Gasteiger partial charge in [-0.3, -0.25) is 14.9 Å². The van der Waals surface area contributed by atoms with Gasteiger partial charge in [-0.2, -0.15) is 5.10 Å². The number of hydrogen-bond acceptors (Lipinski definition) is 6. The van der Waals surface area contributed by atoms with E-state index in [-0.39, 0.29) is 11.7 Å². The van der Waals surface area contributed by atoms with Crippen LogP contribution in [0.15, 0.2) is 67.5 Å². The number of amides is 1. The lowest BCUT2D eigenvalue weighted by Crippen LogP contribution is -2.29. The van der Waals surface area contributed by atoms with Crippen molar-refractivity contribution in [3.8, 4) is 28.5 Å². The molecule has 3 heterocycles. The standard InChI is InChI=1S/C29H28N4O4/c1-5-11-37-22-9-8-20(14-23(22)36-4)28-25-26(24-18(3)12-17(2)13-21(24)34)31-32-27(25)29(35)33(28)16-19-7-6-10-30-15-19/h5-10,12-15,28,34H,1,11,16H2,2-4H3,(H,31,32). The number of carbonyl (C=O) groups is 1. The number of aryl methyl sites for hydroxylation is 2. The van der Waals surface area contributed by atoms with Crippen LogP contribution in [0.5, 0.6) is 17.2 Å². The van der Waals surface area contributed by atoms with Gasteiger partial charge in [0.1, 0.15) is 23.7 Å². The van der Waals surface area contributed by atoms with Crippen LogP contribution in [0.25, 0.3) is 11.3 Å². The lowest BCUT2D eigenvalue weighted by atomic mass is 9.93. The molecule has 0 saturated carbocycles. The maximum absolute atomic E-state index is 13.7. The lowest BCUT2D eigenvalue weighted by molar-refractivity contribution is 0.0729. The van der Waals surface area contributed by atoms with E-state index in [1.807, 2.05) is 50.2 Å². The van der Waals surface area contributed by atoms with Gasteiger partial charge >= 0.3 is 0 Å². The maximum atomic E-state index is 13.7.